The van der Waals surface area contributed by atoms with Gasteiger partial charge in [-0.3, -0.25) is 4.79 Å². The Morgan fingerprint density at radius 1 is 0.964 bits per heavy atom. The zero-order valence-electron chi connectivity index (χ0n) is 15.8. The van der Waals surface area contributed by atoms with Gasteiger partial charge >= 0.3 is 0 Å². The molecule has 0 aliphatic rings. The summed E-state index contributed by atoms with van der Waals surface area (Å²) >= 11 is 0. The molecule has 0 bridgehead atoms. The summed E-state index contributed by atoms with van der Waals surface area (Å²) in [4.78, 5) is 12.8. The van der Waals surface area contributed by atoms with Crippen LogP contribution in [0.5, 0.6) is 0 Å². The minimum Gasteiger partial charge on any atom is -0.348 e. The van der Waals surface area contributed by atoms with Gasteiger partial charge in [0.15, 0.2) is 0 Å². The molecule has 0 saturated heterocycles. The lowest BCUT2D eigenvalue weighted by molar-refractivity contribution is 0.0949. The van der Waals surface area contributed by atoms with Crippen LogP contribution in [-0.4, -0.2) is 25.5 Å². The summed E-state index contributed by atoms with van der Waals surface area (Å²) in [7, 11) is 0. The van der Waals surface area contributed by atoms with Crippen molar-refractivity contribution in [3.63, 3.8) is 0 Å². The Labute approximate surface area is 163 Å². The van der Waals surface area contributed by atoms with E-state index in [1.165, 1.54) is 0 Å². The Hall–Kier alpha value is -3.67. The van der Waals surface area contributed by atoms with Gasteiger partial charge in [0.2, 0.25) is 0 Å². The molecule has 0 aliphatic heterocycles. The zero-order chi connectivity index (χ0) is 19.5. The smallest absolute Gasteiger partial charge is 0.255 e. The number of rotatable bonds is 5. The van der Waals surface area contributed by atoms with E-state index in [-0.39, 0.29) is 5.91 Å². The van der Waals surface area contributed by atoms with E-state index in [9.17, 15) is 4.79 Å². The van der Waals surface area contributed by atoms with Crippen molar-refractivity contribution in [2.75, 3.05) is 0 Å². The lowest BCUT2D eigenvalue weighted by Gasteiger charge is -2.06. The van der Waals surface area contributed by atoms with Crippen molar-refractivity contribution in [3.05, 3.63) is 95.6 Å². The van der Waals surface area contributed by atoms with Crippen molar-refractivity contribution >= 4 is 5.91 Å². The first-order chi connectivity index (χ1) is 13.6. The number of carbonyl (C=O) groups is 1. The highest BCUT2D eigenvalue weighted by molar-refractivity contribution is 5.96. The molecule has 4 aromatic rings. The van der Waals surface area contributed by atoms with Crippen molar-refractivity contribution < 1.29 is 4.79 Å². The van der Waals surface area contributed by atoms with E-state index in [4.69, 9.17) is 0 Å². The molecule has 4 rings (SSSR count). The van der Waals surface area contributed by atoms with E-state index >= 15 is 0 Å². The molecule has 6 nitrogen and oxygen atoms in total. The predicted molar refractivity (Wildman–Crippen MR) is 108 cm³/mol. The molecule has 0 saturated carbocycles. The van der Waals surface area contributed by atoms with Crippen molar-refractivity contribution in [1.29, 1.82) is 0 Å². The second kappa shape index (κ2) is 7.52. The fourth-order valence-corrected chi connectivity index (χ4v) is 3.24. The molecule has 0 unspecified atom stereocenters. The van der Waals surface area contributed by atoms with Crippen LogP contribution in [-0.2, 0) is 6.54 Å². The lowest BCUT2D eigenvalue weighted by atomic mass is 10.2. The number of hydrogen-bond donors (Lipinski definition) is 1. The van der Waals surface area contributed by atoms with Gasteiger partial charge in [-0.05, 0) is 38.1 Å². The maximum Gasteiger partial charge on any atom is 0.255 e. The number of aromatic nitrogens is 4. The van der Waals surface area contributed by atoms with Gasteiger partial charge in [-0.15, -0.1) is 0 Å². The number of benzene rings is 2. The van der Waals surface area contributed by atoms with Crippen LogP contribution < -0.4 is 5.32 Å². The van der Waals surface area contributed by atoms with E-state index in [0.717, 1.165) is 22.6 Å². The van der Waals surface area contributed by atoms with Crippen LogP contribution in [0.25, 0.3) is 11.4 Å². The first-order valence-corrected chi connectivity index (χ1v) is 9.12. The van der Waals surface area contributed by atoms with E-state index < -0.39 is 0 Å². The van der Waals surface area contributed by atoms with Crippen molar-refractivity contribution in [1.82, 2.24) is 24.9 Å². The van der Waals surface area contributed by atoms with Gasteiger partial charge in [-0.25, -0.2) is 9.36 Å². The molecule has 1 amide bonds. The SMILES string of the molecule is Cc1nn(-c2ccccc2)c(C)c1C(=O)NCc1cnn(-c2ccccc2)c1. The molecule has 2 aromatic carbocycles. The third kappa shape index (κ3) is 3.44. The number of para-hydroxylation sites is 2. The number of aryl methyl sites for hydroxylation is 1. The molecule has 0 aliphatic carbocycles. The van der Waals surface area contributed by atoms with Crippen LogP contribution in [0.2, 0.25) is 0 Å². The Kier molecular flexibility index (Phi) is 4.76. The topological polar surface area (TPSA) is 64.7 Å². The number of carbonyl (C=O) groups excluding carboxylic acids is 1. The molecule has 28 heavy (non-hydrogen) atoms. The highest BCUT2D eigenvalue weighted by Gasteiger charge is 2.19. The molecule has 2 heterocycles. The molecule has 6 heteroatoms. The molecular weight excluding hydrogens is 350 g/mol. The van der Waals surface area contributed by atoms with E-state index in [1.54, 1.807) is 15.6 Å². The van der Waals surface area contributed by atoms with Gasteiger partial charge < -0.3 is 5.32 Å². The van der Waals surface area contributed by atoms with Gasteiger partial charge in [-0.2, -0.15) is 10.2 Å². The van der Waals surface area contributed by atoms with Gasteiger partial charge in [0.05, 0.1) is 34.5 Å². The average molecular weight is 371 g/mol. The van der Waals surface area contributed by atoms with Gasteiger partial charge in [0, 0.05) is 18.3 Å². The Balaban J connectivity index is 1.49. The molecule has 2 aromatic heterocycles. The Morgan fingerprint density at radius 2 is 1.61 bits per heavy atom. The number of nitrogens with one attached hydrogen (secondary N) is 1. The van der Waals surface area contributed by atoms with E-state index in [1.807, 2.05) is 80.7 Å². The summed E-state index contributed by atoms with van der Waals surface area (Å²) in [6, 6.07) is 19.7. The standard InChI is InChI=1S/C22H21N5O/c1-16-21(17(2)27(25-16)20-11-7-4-8-12-20)22(28)23-13-18-14-24-26(15-18)19-9-5-3-6-10-19/h3-12,14-15H,13H2,1-2H3,(H,23,28). The molecule has 1 N–H and O–H groups in total. The average Bonchev–Trinajstić information content (AvgIpc) is 3.32. The second-order valence-corrected chi connectivity index (χ2v) is 6.60. The molecule has 0 atom stereocenters. The van der Waals surface area contributed by atoms with Crippen LogP contribution in [0.4, 0.5) is 0 Å². The Morgan fingerprint density at radius 3 is 2.29 bits per heavy atom. The summed E-state index contributed by atoms with van der Waals surface area (Å²) < 4.78 is 3.60. The van der Waals surface area contributed by atoms with Crippen LogP contribution in [0.1, 0.15) is 27.3 Å². The first-order valence-electron chi connectivity index (χ1n) is 9.12. The highest BCUT2D eigenvalue weighted by atomic mass is 16.1. The number of hydrogen-bond acceptors (Lipinski definition) is 3. The number of nitrogens with zero attached hydrogens (tertiary/aromatic N) is 4. The normalized spacial score (nSPS) is 10.8. The Bertz CT molecular complexity index is 1100. The minimum atomic E-state index is -0.135. The monoisotopic (exact) mass is 371 g/mol. The third-order valence-corrected chi connectivity index (χ3v) is 4.63. The molecule has 140 valence electrons. The van der Waals surface area contributed by atoms with Gasteiger partial charge in [0.1, 0.15) is 0 Å². The second-order valence-electron chi connectivity index (χ2n) is 6.60. The van der Waals surface area contributed by atoms with Crippen LogP contribution >= 0.6 is 0 Å². The van der Waals surface area contributed by atoms with Crippen LogP contribution in [0.3, 0.4) is 0 Å². The highest BCUT2D eigenvalue weighted by Crippen LogP contribution is 2.18. The molecular formula is C22H21N5O. The largest absolute Gasteiger partial charge is 0.348 e. The number of amides is 1. The maximum absolute atomic E-state index is 12.8. The third-order valence-electron chi connectivity index (χ3n) is 4.63. The van der Waals surface area contributed by atoms with Crippen LogP contribution in [0.15, 0.2) is 73.1 Å². The van der Waals surface area contributed by atoms with E-state index in [2.05, 4.69) is 15.5 Å². The van der Waals surface area contributed by atoms with Crippen molar-refractivity contribution in [3.8, 4) is 11.4 Å². The predicted octanol–water partition coefficient (Wildman–Crippen LogP) is 3.60. The zero-order valence-corrected chi connectivity index (χ0v) is 15.8. The van der Waals surface area contributed by atoms with Crippen molar-refractivity contribution in [2.24, 2.45) is 0 Å². The van der Waals surface area contributed by atoms with Crippen molar-refractivity contribution in [2.45, 2.75) is 20.4 Å². The fourth-order valence-electron chi connectivity index (χ4n) is 3.24. The fraction of sp³-hybridized carbons (Fsp3) is 0.136. The quantitative estimate of drug-likeness (QED) is 0.583. The van der Waals surface area contributed by atoms with Crippen LogP contribution in [0, 0.1) is 13.8 Å². The summed E-state index contributed by atoms with van der Waals surface area (Å²) in [6.07, 6.45) is 3.68. The summed E-state index contributed by atoms with van der Waals surface area (Å²) in [5, 5.41) is 11.9. The minimum absolute atomic E-state index is 0.135. The molecule has 0 spiro atoms. The van der Waals surface area contributed by atoms with Gasteiger partial charge in [-0.1, -0.05) is 36.4 Å². The maximum atomic E-state index is 12.8. The summed E-state index contributed by atoms with van der Waals surface area (Å²) in [5.41, 5.74) is 4.99. The molecule has 0 radical (unpaired) electrons. The first kappa shape index (κ1) is 17.7. The lowest BCUT2D eigenvalue weighted by Crippen LogP contribution is -2.23. The van der Waals surface area contributed by atoms with E-state index in [0.29, 0.717) is 17.8 Å². The van der Waals surface area contributed by atoms with Gasteiger partial charge in [0.25, 0.3) is 5.91 Å². The summed E-state index contributed by atoms with van der Waals surface area (Å²) in [5.74, 6) is -0.135. The summed E-state index contributed by atoms with van der Waals surface area (Å²) in [6.45, 7) is 4.17. The molecule has 0 fully saturated rings.